The second kappa shape index (κ2) is 5.79. The Morgan fingerprint density at radius 2 is 2.00 bits per heavy atom. The molecule has 0 spiro atoms. The Hall–Kier alpha value is -0.790. The van der Waals surface area contributed by atoms with E-state index >= 15 is 0 Å². The van der Waals surface area contributed by atoms with Crippen molar-refractivity contribution in [3.63, 3.8) is 0 Å². The van der Waals surface area contributed by atoms with Gasteiger partial charge in [-0.2, -0.15) is 0 Å². The topological polar surface area (TPSA) is 26.3 Å². The molecular weight excluding hydrogens is 164 g/mol. The molecule has 13 heavy (non-hydrogen) atoms. The van der Waals surface area contributed by atoms with E-state index in [9.17, 15) is 4.79 Å². The zero-order chi connectivity index (χ0) is 10.3. The number of hydrogen-bond acceptors (Lipinski definition) is 2. The van der Waals surface area contributed by atoms with E-state index in [2.05, 4.69) is 27.4 Å². The summed E-state index contributed by atoms with van der Waals surface area (Å²) in [5, 5.41) is 0. The van der Waals surface area contributed by atoms with Crippen molar-refractivity contribution in [3.05, 3.63) is 12.7 Å². The van der Waals surface area contributed by atoms with Crippen LogP contribution in [-0.4, -0.2) is 12.6 Å². The average Bonchev–Trinajstić information content (AvgIpc) is 2.01. The molecule has 0 saturated heterocycles. The van der Waals surface area contributed by atoms with E-state index in [4.69, 9.17) is 4.74 Å². The van der Waals surface area contributed by atoms with Crippen LogP contribution in [-0.2, 0) is 9.53 Å². The SMILES string of the molecule is C=CC(=O)OCCCCC(C)(C)C. The molecule has 0 aliphatic rings. The predicted molar refractivity (Wildman–Crippen MR) is 54.5 cm³/mol. The maximum atomic E-state index is 10.6. The van der Waals surface area contributed by atoms with Gasteiger partial charge in [0.2, 0.25) is 0 Å². The minimum absolute atomic E-state index is 0.323. The Morgan fingerprint density at radius 3 is 2.46 bits per heavy atom. The van der Waals surface area contributed by atoms with Crippen molar-refractivity contribution in [3.8, 4) is 0 Å². The van der Waals surface area contributed by atoms with Crippen LogP contribution in [0.1, 0.15) is 40.0 Å². The average molecular weight is 184 g/mol. The van der Waals surface area contributed by atoms with Gasteiger partial charge in [-0.1, -0.05) is 27.4 Å². The van der Waals surface area contributed by atoms with Crippen LogP contribution >= 0.6 is 0 Å². The summed E-state index contributed by atoms with van der Waals surface area (Å²) in [5.41, 5.74) is 0.377. The summed E-state index contributed by atoms with van der Waals surface area (Å²) in [6.07, 6.45) is 4.41. The van der Waals surface area contributed by atoms with E-state index in [1.807, 2.05) is 0 Å². The fraction of sp³-hybridized carbons (Fsp3) is 0.727. The van der Waals surface area contributed by atoms with E-state index < -0.39 is 0 Å². The molecule has 0 aliphatic carbocycles. The summed E-state index contributed by atoms with van der Waals surface area (Å²) in [7, 11) is 0. The molecule has 0 aromatic carbocycles. The lowest BCUT2D eigenvalue weighted by molar-refractivity contribution is -0.137. The van der Waals surface area contributed by atoms with E-state index in [0.717, 1.165) is 12.8 Å². The van der Waals surface area contributed by atoms with Crippen LogP contribution in [0, 0.1) is 5.41 Å². The monoisotopic (exact) mass is 184 g/mol. The third kappa shape index (κ3) is 9.12. The fourth-order valence-electron chi connectivity index (χ4n) is 0.989. The van der Waals surface area contributed by atoms with Gasteiger partial charge in [0.05, 0.1) is 6.61 Å². The first-order valence-electron chi connectivity index (χ1n) is 4.75. The molecule has 0 aromatic heterocycles. The van der Waals surface area contributed by atoms with E-state index in [1.54, 1.807) is 0 Å². The molecule has 0 unspecified atom stereocenters. The molecule has 2 heteroatoms. The van der Waals surface area contributed by atoms with Crippen LogP contribution in [0.2, 0.25) is 0 Å². The maximum Gasteiger partial charge on any atom is 0.330 e. The first-order chi connectivity index (χ1) is 5.95. The van der Waals surface area contributed by atoms with E-state index in [0.29, 0.717) is 12.0 Å². The lowest BCUT2D eigenvalue weighted by Gasteiger charge is -2.17. The Labute approximate surface area is 81.0 Å². The summed E-state index contributed by atoms with van der Waals surface area (Å²) in [4.78, 5) is 10.6. The molecule has 0 N–H and O–H groups in total. The van der Waals surface area contributed by atoms with Crippen molar-refractivity contribution in [2.24, 2.45) is 5.41 Å². The van der Waals surface area contributed by atoms with Gasteiger partial charge in [-0.3, -0.25) is 0 Å². The van der Waals surface area contributed by atoms with Crippen LogP contribution < -0.4 is 0 Å². The van der Waals surface area contributed by atoms with E-state index in [1.165, 1.54) is 12.5 Å². The fourth-order valence-corrected chi connectivity index (χ4v) is 0.989. The predicted octanol–water partition coefficient (Wildman–Crippen LogP) is 2.93. The van der Waals surface area contributed by atoms with Gasteiger partial charge in [0.15, 0.2) is 0 Å². The van der Waals surface area contributed by atoms with Crippen LogP contribution in [0.25, 0.3) is 0 Å². The third-order valence-corrected chi connectivity index (χ3v) is 1.73. The lowest BCUT2D eigenvalue weighted by Crippen LogP contribution is -2.06. The van der Waals surface area contributed by atoms with Gasteiger partial charge in [0.1, 0.15) is 0 Å². The standard InChI is InChI=1S/C11H20O2/c1-5-10(12)13-9-7-6-8-11(2,3)4/h5H,1,6-9H2,2-4H3. The normalized spacial score (nSPS) is 11.0. The van der Waals surface area contributed by atoms with Crippen LogP contribution in [0.15, 0.2) is 12.7 Å². The zero-order valence-corrected chi connectivity index (χ0v) is 8.93. The highest BCUT2D eigenvalue weighted by molar-refractivity contribution is 5.81. The second-order valence-corrected chi connectivity index (χ2v) is 4.39. The molecule has 0 radical (unpaired) electrons. The molecule has 0 amide bonds. The molecule has 0 heterocycles. The van der Waals surface area contributed by atoms with Crippen LogP contribution in [0.5, 0.6) is 0 Å². The van der Waals surface area contributed by atoms with Gasteiger partial charge in [0.25, 0.3) is 0 Å². The smallest absolute Gasteiger partial charge is 0.330 e. The molecule has 0 atom stereocenters. The number of hydrogen-bond donors (Lipinski definition) is 0. The number of rotatable bonds is 5. The maximum absolute atomic E-state index is 10.6. The zero-order valence-electron chi connectivity index (χ0n) is 8.93. The van der Waals surface area contributed by atoms with Crippen molar-refractivity contribution < 1.29 is 9.53 Å². The molecular formula is C11H20O2. The number of ether oxygens (including phenoxy) is 1. The molecule has 0 aliphatic heterocycles. The summed E-state index contributed by atoms with van der Waals surface area (Å²) in [6.45, 7) is 10.5. The highest BCUT2D eigenvalue weighted by Crippen LogP contribution is 2.21. The van der Waals surface area contributed by atoms with Gasteiger partial charge >= 0.3 is 5.97 Å². The Balaban J connectivity index is 3.27. The molecule has 76 valence electrons. The highest BCUT2D eigenvalue weighted by Gasteiger charge is 2.08. The lowest BCUT2D eigenvalue weighted by atomic mass is 9.90. The molecule has 0 rings (SSSR count). The molecule has 2 nitrogen and oxygen atoms in total. The Kier molecular flexibility index (Phi) is 5.44. The molecule has 0 saturated carbocycles. The summed E-state index contributed by atoms with van der Waals surface area (Å²) in [6, 6.07) is 0. The van der Waals surface area contributed by atoms with Gasteiger partial charge < -0.3 is 4.74 Å². The van der Waals surface area contributed by atoms with Crippen molar-refractivity contribution >= 4 is 5.97 Å². The largest absolute Gasteiger partial charge is 0.463 e. The highest BCUT2D eigenvalue weighted by atomic mass is 16.5. The van der Waals surface area contributed by atoms with Crippen LogP contribution in [0.4, 0.5) is 0 Å². The number of carbonyl (C=O) groups excluding carboxylic acids is 1. The minimum atomic E-state index is -0.323. The number of unbranched alkanes of at least 4 members (excludes halogenated alkanes) is 1. The van der Waals surface area contributed by atoms with Crippen molar-refractivity contribution in [2.75, 3.05) is 6.61 Å². The number of esters is 1. The minimum Gasteiger partial charge on any atom is -0.463 e. The van der Waals surface area contributed by atoms with E-state index in [-0.39, 0.29) is 5.97 Å². The summed E-state index contributed by atoms with van der Waals surface area (Å²) in [5.74, 6) is -0.323. The van der Waals surface area contributed by atoms with Gasteiger partial charge in [-0.05, 0) is 24.7 Å². The van der Waals surface area contributed by atoms with Crippen molar-refractivity contribution in [1.82, 2.24) is 0 Å². The third-order valence-electron chi connectivity index (χ3n) is 1.73. The Morgan fingerprint density at radius 1 is 1.38 bits per heavy atom. The van der Waals surface area contributed by atoms with Crippen molar-refractivity contribution in [1.29, 1.82) is 0 Å². The second-order valence-electron chi connectivity index (χ2n) is 4.39. The first-order valence-corrected chi connectivity index (χ1v) is 4.75. The molecule has 0 fully saturated rings. The summed E-state index contributed by atoms with van der Waals surface area (Å²) < 4.78 is 4.85. The van der Waals surface area contributed by atoms with Gasteiger partial charge in [-0.15, -0.1) is 0 Å². The van der Waals surface area contributed by atoms with Crippen LogP contribution in [0.3, 0.4) is 0 Å². The van der Waals surface area contributed by atoms with Gasteiger partial charge in [0, 0.05) is 6.08 Å². The Bertz CT molecular complexity index is 165. The number of carbonyl (C=O) groups is 1. The summed E-state index contributed by atoms with van der Waals surface area (Å²) >= 11 is 0. The quantitative estimate of drug-likeness (QED) is 0.373. The molecule has 0 aromatic rings. The first kappa shape index (κ1) is 12.2. The van der Waals surface area contributed by atoms with Crippen molar-refractivity contribution in [2.45, 2.75) is 40.0 Å². The molecule has 0 bridgehead atoms. The van der Waals surface area contributed by atoms with Gasteiger partial charge in [-0.25, -0.2) is 4.79 Å².